The molecule has 0 atom stereocenters. The molecule has 0 fully saturated rings. The quantitative estimate of drug-likeness (QED) is 0.228. The van der Waals surface area contributed by atoms with Gasteiger partial charge in [0.1, 0.15) is 0 Å². The van der Waals surface area contributed by atoms with E-state index in [4.69, 9.17) is 0 Å². The lowest BCUT2D eigenvalue weighted by atomic mass is 9.92. The van der Waals surface area contributed by atoms with Gasteiger partial charge in [-0.1, -0.05) is 54.1 Å². The van der Waals surface area contributed by atoms with Gasteiger partial charge in [0, 0.05) is 33.5 Å². The van der Waals surface area contributed by atoms with Crippen LogP contribution >= 0.6 is 0 Å². The predicted octanol–water partition coefficient (Wildman–Crippen LogP) is 9.85. The molecule has 4 heteroatoms. The Kier molecular flexibility index (Phi) is 5.74. The van der Waals surface area contributed by atoms with E-state index in [9.17, 15) is 10.5 Å². The third-order valence-corrected chi connectivity index (χ3v) is 7.72. The molecule has 0 aliphatic carbocycles. The summed E-state index contributed by atoms with van der Waals surface area (Å²) in [4.78, 5) is 2.27. The second-order valence-electron chi connectivity index (χ2n) is 10.3. The molecule has 0 unspecified atom stereocenters. The minimum absolute atomic E-state index is 0.635. The molecule has 41 heavy (non-hydrogen) atoms. The molecule has 1 N–H and O–H groups in total. The Morgan fingerprint density at radius 2 is 1.05 bits per heavy atom. The summed E-state index contributed by atoms with van der Waals surface area (Å²) in [6, 6.07) is 45.7. The summed E-state index contributed by atoms with van der Waals surface area (Å²) in [7, 11) is 0. The van der Waals surface area contributed by atoms with Gasteiger partial charge in [0.15, 0.2) is 0 Å². The van der Waals surface area contributed by atoms with Crippen molar-refractivity contribution < 1.29 is 0 Å². The Morgan fingerprint density at radius 3 is 1.68 bits per heavy atom. The number of benzene rings is 7. The molecular formula is C37H24N4. The Labute approximate surface area is 238 Å². The maximum absolute atomic E-state index is 9.39. The first kappa shape index (κ1) is 24.2. The van der Waals surface area contributed by atoms with Crippen molar-refractivity contribution in [1.82, 2.24) is 0 Å². The molecular weight excluding hydrogens is 500 g/mol. The normalized spacial score (nSPS) is 11.0. The van der Waals surface area contributed by atoms with Crippen LogP contribution in [0.1, 0.15) is 16.7 Å². The molecule has 0 aromatic heterocycles. The molecule has 0 spiro atoms. The first-order valence-electron chi connectivity index (χ1n) is 13.5. The van der Waals surface area contributed by atoms with E-state index in [2.05, 4.69) is 102 Å². The average molecular weight is 525 g/mol. The fourth-order valence-corrected chi connectivity index (χ4v) is 5.68. The molecule has 0 saturated heterocycles. The van der Waals surface area contributed by atoms with Gasteiger partial charge in [0.2, 0.25) is 0 Å². The molecule has 7 aromatic carbocycles. The molecule has 0 aliphatic heterocycles. The highest BCUT2D eigenvalue weighted by Crippen LogP contribution is 2.45. The molecule has 0 saturated carbocycles. The smallest absolute Gasteiger partial charge is 0.0991 e. The molecule has 7 aromatic rings. The number of aryl methyl sites for hydroxylation is 1. The van der Waals surface area contributed by atoms with E-state index in [1.165, 1.54) is 27.1 Å². The van der Waals surface area contributed by atoms with E-state index in [1.807, 2.05) is 48.5 Å². The molecule has 192 valence electrons. The minimum atomic E-state index is 0.635. The number of hydrogen-bond acceptors (Lipinski definition) is 4. The molecule has 0 amide bonds. The van der Waals surface area contributed by atoms with Crippen LogP contribution in [0.5, 0.6) is 0 Å². The standard InChI is InChI=1S/C37H24N4/c1-24-2-14-30(15-3-24)41(31-16-6-26(23-39)7-17-31)35-21-11-28-8-18-32-34(40-29-12-4-25(22-38)5-13-29)20-10-27-9-19-33(35)37(28)36(27)32/h2-21,40H,1H3. The second kappa shape index (κ2) is 9.72. The number of rotatable bonds is 5. The highest BCUT2D eigenvalue weighted by molar-refractivity contribution is 6.27. The van der Waals surface area contributed by atoms with Crippen molar-refractivity contribution in [3.63, 3.8) is 0 Å². The highest BCUT2D eigenvalue weighted by Gasteiger charge is 2.19. The average Bonchev–Trinajstić information content (AvgIpc) is 3.03. The van der Waals surface area contributed by atoms with Crippen molar-refractivity contribution in [2.75, 3.05) is 10.2 Å². The molecule has 0 radical (unpaired) electrons. The maximum Gasteiger partial charge on any atom is 0.0991 e. The van der Waals surface area contributed by atoms with E-state index in [1.54, 1.807) is 0 Å². The number of nitriles is 2. The number of anilines is 5. The van der Waals surface area contributed by atoms with Crippen LogP contribution in [0.3, 0.4) is 0 Å². The zero-order chi connectivity index (χ0) is 27.9. The van der Waals surface area contributed by atoms with Crippen molar-refractivity contribution >= 4 is 60.8 Å². The predicted molar refractivity (Wildman–Crippen MR) is 169 cm³/mol. The summed E-state index contributed by atoms with van der Waals surface area (Å²) >= 11 is 0. The largest absolute Gasteiger partial charge is 0.355 e. The van der Waals surface area contributed by atoms with Gasteiger partial charge in [0.25, 0.3) is 0 Å². The molecule has 7 rings (SSSR count). The summed E-state index contributed by atoms with van der Waals surface area (Å²) in [6.45, 7) is 2.09. The van der Waals surface area contributed by atoms with Crippen LogP contribution in [0.25, 0.3) is 32.3 Å². The van der Waals surface area contributed by atoms with Gasteiger partial charge in [0.05, 0.1) is 29.0 Å². The highest BCUT2D eigenvalue weighted by atomic mass is 15.1. The van der Waals surface area contributed by atoms with Crippen LogP contribution in [-0.2, 0) is 0 Å². The van der Waals surface area contributed by atoms with Gasteiger partial charge in [-0.3, -0.25) is 0 Å². The summed E-state index contributed by atoms with van der Waals surface area (Å²) < 4.78 is 0. The Balaban J connectivity index is 1.45. The van der Waals surface area contributed by atoms with Crippen LogP contribution in [0.15, 0.2) is 121 Å². The summed E-state index contributed by atoms with van der Waals surface area (Å²) in [5.74, 6) is 0. The fraction of sp³-hybridized carbons (Fsp3) is 0.0270. The summed E-state index contributed by atoms with van der Waals surface area (Å²) in [5.41, 5.74) is 7.55. The van der Waals surface area contributed by atoms with Crippen molar-refractivity contribution in [1.29, 1.82) is 10.5 Å². The monoisotopic (exact) mass is 524 g/mol. The first-order valence-corrected chi connectivity index (χ1v) is 13.5. The Hall–Kier alpha value is -5.84. The van der Waals surface area contributed by atoms with Crippen molar-refractivity contribution in [2.45, 2.75) is 6.92 Å². The fourth-order valence-electron chi connectivity index (χ4n) is 5.68. The SMILES string of the molecule is Cc1ccc(N(c2ccc(C#N)cc2)c2ccc3ccc4c(Nc5ccc(C#N)cc5)ccc5ccc2c3c54)cc1. The van der Waals surface area contributed by atoms with E-state index >= 15 is 0 Å². The van der Waals surface area contributed by atoms with Gasteiger partial charge in [-0.15, -0.1) is 0 Å². The lowest BCUT2D eigenvalue weighted by Gasteiger charge is -2.28. The van der Waals surface area contributed by atoms with E-state index in [0.717, 1.165) is 39.2 Å². The van der Waals surface area contributed by atoms with Crippen LogP contribution in [-0.4, -0.2) is 0 Å². The molecule has 0 bridgehead atoms. The number of nitrogens with one attached hydrogen (secondary N) is 1. The maximum atomic E-state index is 9.39. The number of hydrogen-bond donors (Lipinski definition) is 1. The Morgan fingerprint density at radius 1 is 0.537 bits per heavy atom. The van der Waals surface area contributed by atoms with Crippen molar-refractivity contribution in [2.24, 2.45) is 0 Å². The third kappa shape index (κ3) is 4.16. The first-order chi connectivity index (χ1) is 20.1. The number of nitrogens with zero attached hydrogens (tertiary/aromatic N) is 3. The third-order valence-electron chi connectivity index (χ3n) is 7.72. The molecule has 4 nitrogen and oxygen atoms in total. The molecule has 0 aliphatic rings. The lowest BCUT2D eigenvalue weighted by Crippen LogP contribution is -2.10. The van der Waals surface area contributed by atoms with Gasteiger partial charge in [-0.05, 0) is 101 Å². The van der Waals surface area contributed by atoms with Crippen molar-refractivity contribution in [3.05, 3.63) is 138 Å². The van der Waals surface area contributed by atoms with Crippen LogP contribution in [0, 0.1) is 29.6 Å². The summed E-state index contributed by atoms with van der Waals surface area (Å²) in [5, 5.41) is 29.2. The molecule has 0 heterocycles. The zero-order valence-corrected chi connectivity index (χ0v) is 22.4. The van der Waals surface area contributed by atoms with Gasteiger partial charge in [-0.2, -0.15) is 10.5 Å². The lowest BCUT2D eigenvalue weighted by molar-refractivity contribution is 1.29. The minimum Gasteiger partial charge on any atom is -0.355 e. The van der Waals surface area contributed by atoms with Gasteiger partial charge < -0.3 is 10.2 Å². The zero-order valence-electron chi connectivity index (χ0n) is 22.4. The van der Waals surface area contributed by atoms with E-state index in [-0.39, 0.29) is 0 Å². The summed E-state index contributed by atoms with van der Waals surface area (Å²) in [6.07, 6.45) is 0. The van der Waals surface area contributed by atoms with E-state index < -0.39 is 0 Å². The Bertz CT molecular complexity index is 2130. The van der Waals surface area contributed by atoms with Gasteiger partial charge >= 0.3 is 0 Å². The van der Waals surface area contributed by atoms with Gasteiger partial charge in [-0.25, -0.2) is 0 Å². The second-order valence-corrected chi connectivity index (χ2v) is 10.3. The van der Waals surface area contributed by atoms with Crippen LogP contribution < -0.4 is 10.2 Å². The topological polar surface area (TPSA) is 62.9 Å². The van der Waals surface area contributed by atoms with Crippen LogP contribution in [0.4, 0.5) is 28.4 Å². The van der Waals surface area contributed by atoms with Crippen molar-refractivity contribution in [3.8, 4) is 12.1 Å². The van der Waals surface area contributed by atoms with Crippen LogP contribution in [0.2, 0.25) is 0 Å². The van der Waals surface area contributed by atoms with E-state index in [0.29, 0.717) is 11.1 Å².